The van der Waals surface area contributed by atoms with Crippen LogP contribution in [0.25, 0.3) is 11.0 Å². The minimum Gasteiger partial charge on any atom is -0.359 e. The molecule has 0 saturated carbocycles. The average Bonchev–Trinajstić information content (AvgIpc) is 2.32. The number of nitrogens with one attached hydrogen (secondary N) is 1. The molecular formula is C8H7FN2. The van der Waals surface area contributed by atoms with Crippen molar-refractivity contribution in [3.8, 4) is 0 Å². The van der Waals surface area contributed by atoms with Gasteiger partial charge in [-0.3, -0.25) is 4.98 Å². The fraction of sp³-hybridized carbons (Fsp3) is 0.125. The Labute approximate surface area is 63.1 Å². The van der Waals surface area contributed by atoms with Gasteiger partial charge in [0.2, 0.25) is 0 Å². The van der Waals surface area contributed by atoms with Gasteiger partial charge in [-0.05, 0) is 12.5 Å². The Morgan fingerprint density at radius 2 is 2.36 bits per heavy atom. The number of hydrogen-bond donors (Lipinski definition) is 1. The van der Waals surface area contributed by atoms with Crippen LogP contribution in [0.1, 0.15) is 5.56 Å². The molecule has 2 rings (SSSR count). The molecule has 1 N–H and O–H groups in total. The zero-order valence-electron chi connectivity index (χ0n) is 6.06. The van der Waals surface area contributed by atoms with Crippen molar-refractivity contribution in [1.82, 2.24) is 9.97 Å². The van der Waals surface area contributed by atoms with Crippen LogP contribution < -0.4 is 0 Å². The van der Waals surface area contributed by atoms with E-state index in [-0.39, 0.29) is 5.82 Å². The Balaban J connectivity index is 2.86. The highest BCUT2D eigenvalue weighted by Gasteiger charge is 2.00. The van der Waals surface area contributed by atoms with Crippen molar-refractivity contribution in [1.29, 1.82) is 0 Å². The van der Waals surface area contributed by atoms with Crippen LogP contribution in [0.2, 0.25) is 0 Å². The van der Waals surface area contributed by atoms with Gasteiger partial charge in [-0.15, -0.1) is 0 Å². The molecule has 0 amide bonds. The van der Waals surface area contributed by atoms with Crippen molar-refractivity contribution in [3.05, 3.63) is 29.8 Å². The van der Waals surface area contributed by atoms with E-state index in [0.29, 0.717) is 0 Å². The lowest BCUT2D eigenvalue weighted by molar-refractivity contribution is 0.624. The molecule has 0 fully saturated rings. The van der Waals surface area contributed by atoms with E-state index in [2.05, 4.69) is 9.97 Å². The minimum atomic E-state index is -0.306. The fourth-order valence-corrected chi connectivity index (χ4v) is 1.12. The van der Waals surface area contributed by atoms with Crippen molar-refractivity contribution in [2.24, 2.45) is 0 Å². The molecule has 0 bridgehead atoms. The molecule has 11 heavy (non-hydrogen) atoms. The minimum absolute atomic E-state index is 0.306. The number of hydrogen-bond acceptors (Lipinski definition) is 1. The van der Waals surface area contributed by atoms with Crippen LogP contribution in [0.15, 0.2) is 18.5 Å². The van der Waals surface area contributed by atoms with Crippen LogP contribution in [0.3, 0.4) is 0 Å². The second-order valence-electron chi connectivity index (χ2n) is 2.52. The summed E-state index contributed by atoms with van der Waals surface area (Å²) < 4.78 is 12.6. The first-order valence-corrected chi connectivity index (χ1v) is 3.36. The summed E-state index contributed by atoms with van der Waals surface area (Å²) in [5.74, 6) is -0.306. The molecule has 2 aromatic rings. The summed E-state index contributed by atoms with van der Waals surface area (Å²) in [7, 11) is 0. The van der Waals surface area contributed by atoms with Crippen molar-refractivity contribution in [2.75, 3.05) is 0 Å². The summed E-state index contributed by atoms with van der Waals surface area (Å²) in [6.07, 6.45) is 3.04. The fourth-order valence-electron chi connectivity index (χ4n) is 1.12. The van der Waals surface area contributed by atoms with Gasteiger partial charge in [-0.2, -0.15) is 0 Å². The SMILES string of the molecule is Cc1c[nH]c2cc(F)cnc12. The Kier molecular flexibility index (Phi) is 1.18. The smallest absolute Gasteiger partial charge is 0.143 e. The number of rotatable bonds is 0. The maximum absolute atomic E-state index is 12.6. The van der Waals surface area contributed by atoms with Crippen LogP contribution in [0.4, 0.5) is 4.39 Å². The monoisotopic (exact) mass is 150 g/mol. The van der Waals surface area contributed by atoms with E-state index in [9.17, 15) is 4.39 Å². The number of H-pyrrole nitrogens is 1. The maximum Gasteiger partial charge on any atom is 0.143 e. The molecule has 2 heterocycles. The summed E-state index contributed by atoms with van der Waals surface area (Å²) in [6.45, 7) is 1.93. The number of nitrogens with zero attached hydrogens (tertiary/aromatic N) is 1. The number of aromatic nitrogens is 2. The third-order valence-corrected chi connectivity index (χ3v) is 1.67. The van der Waals surface area contributed by atoms with Gasteiger partial charge in [0.1, 0.15) is 5.82 Å². The summed E-state index contributed by atoms with van der Waals surface area (Å²) in [5, 5.41) is 0. The second kappa shape index (κ2) is 2.05. The predicted molar refractivity (Wildman–Crippen MR) is 40.8 cm³/mol. The molecule has 3 heteroatoms. The first-order chi connectivity index (χ1) is 5.27. The molecule has 0 saturated heterocycles. The van der Waals surface area contributed by atoms with Crippen LogP contribution >= 0.6 is 0 Å². The normalized spacial score (nSPS) is 10.7. The lowest BCUT2D eigenvalue weighted by atomic mass is 10.3. The van der Waals surface area contributed by atoms with Crippen LogP contribution in [0, 0.1) is 12.7 Å². The number of aromatic amines is 1. The van der Waals surface area contributed by atoms with Gasteiger partial charge in [-0.25, -0.2) is 4.39 Å². The second-order valence-corrected chi connectivity index (χ2v) is 2.52. The molecule has 2 nitrogen and oxygen atoms in total. The maximum atomic E-state index is 12.6. The zero-order valence-corrected chi connectivity index (χ0v) is 6.06. The van der Waals surface area contributed by atoms with Gasteiger partial charge in [0.25, 0.3) is 0 Å². The van der Waals surface area contributed by atoms with E-state index in [1.165, 1.54) is 12.3 Å². The molecule has 0 atom stereocenters. The molecule has 0 aliphatic rings. The van der Waals surface area contributed by atoms with Crippen molar-refractivity contribution < 1.29 is 4.39 Å². The summed E-state index contributed by atoms with van der Waals surface area (Å²) in [4.78, 5) is 6.86. The van der Waals surface area contributed by atoms with Crippen molar-refractivity contribution in [3.63, 3.8) is 0 Å². The summed E-state index contributed by atoms with van der Waals surface area (Å²) in [6, 6.07) is 1.44. The third kappa shape index (κ3) is 0.888. The van der Waals surface area contributed by atoms with Gasteiger partial charge in [-0.1, -0.05) is 0 Å². The van der Waals surface area contributed by atoms with Gasteiger partial charge < -0.3 is 4.98 Å². The van der Waals surface area contributed by atoms with E-state index in [1.54, 1.807) is 0 Å². The summed E-state index contributed by atoms with van der Waals surface area (Å²) in [5.41, 5.74) is 2.63. The van der Waals surface area contributed by atoms with Gasteiger partial charge in [0, 0.05) is 12.3 Å². The number of pyridine rings is 1. The molecule has 0 aromatic carbocycles. The topological polar surface area (TPSA) is 28.7 Å². The molecule has 0 aliphatic heterocycles. The Hall–Kier alpha value is -1.38. The highest BCUT2D eigenvalue weighted by molar-refractivity contribution is 5.78. The Morgan fingerprint density at radius 1 is 1.55 bits per heavy atom. The van der Waals surface area contributed by atoms with Crippen LogP contribution in [0.5, 0.6) is 0 Å². The van der Waals surface area contributed by atoms with Crippen molar-refractivity contribution in [2.45, 2.75) is 6.92 Å². The number of fused-ring (bicyclic) bond motifs is 1. The number of aryl methyl sites for hydroxylation is 1. The molecule has 0 unspecified atom stereocenters. The lowest BCUT2D eigenvalue weighted by Gasteiger charge is -1.89. The molecule has 0 spiro atoms. The zero-order chi connectivity index (χ0) is 7.84. The molecule has 0 aliphatic carbocycles. The van der Waals surface area contributed by atoms with Crippen LogP contribution in [-0.2, 0) is 0 Å². The highest BCUT2D eigenvalue weighted by atomic mass is 19.1. The number of halogens is 1. The van der Waals surface area contributed by atoms with Crippen LogP contribution in [-0.4, -0.2) is 9.97 Å². The van der Waals surface area contributed by atoms with E-state index < -0.39 is 0 Å². The van der Waals surface area contributed by atoms with Gasteiger partial charge in [0.15, 0.2) is 0 Å². The van der Waals surface area contributed by atoms with Gasteiger partial charge in [0.05, 0.1) is 17.2 Å². The third-order valence-electron chi connectivity index (χ3n) is 1.67. The molecule has 2 aromatic heterocycles. The quantitative estimate of drug-likeness (QED) is 0.611. The Bertz CT molecular complexity index is 392. The van der Waals surface area contributed by atoms with Crippen molar-refractivity contribution >= 4 is 11.0 Å². The van der Waals surface area contributed by atoms with Gasteiger partial charge >= 0.3 is 0 Å². The van der Waals surface area contributed by atoms with E-state index in [4.69, 9.17) is 0 Å². The molecule has 56 valence electrons. The molecular weight excluding hydrogens is 143 g/mol. The molecule has 0 radical (unpaired) electrons. The van der Waals surface area contributed by atoms with E-state index >= 15 is 0 Å². The van der Waals surface area contributed by atoms with E-state index in [1.807, 2.05) is 13.1 Å². The van der Waals surface area contributed by atoms with E-state index in [0.717, 1.165) is 16.6 Å². The Morgan fingerprint density at radius 3 is 3.18 bits per heavy atom. The highest BCUT2D eigenvalue weighted by Crippen LogP contribution is 2.14. The first-order valence-electron chi connectivity index (χ1n) is 3.36. The largest absolute Gasteiger partial charge is 0.359 e. The summed E-state index contributed by atoms with van der Waals surface area (Å²) >= 11 is 0. The first kappa shape index (κ1) is 6.34. The predicted octanol–water partition coefficient (Wildman–Crippen LogP) is 2.01. The average molecular weight is 150 g/mol. The standard InChI is InChI=1S/C8H7FN2/c1-5-3-10-7-2-6(9)4-11-8(5)7/h2-4,10H,1H3. The lowest BCUT2D eigenvalue weighted by Crippen LogP contribution is -1.79.